The molecule has 1 amide bonds. The molecule has 8 heteroatoms. The summed E-state index contributed by atoms with van der Waals surface area (Å²) in [5.74, 6) is 0.649. The van der Waals surface area contributed by atoms with Gasteiger partial charge in [-0.3, -0.25) is 4.79 Å². The lowest BCUT2D eigenvalue weighted by atomic mass is 9.94. The zero-order chi connectivity index (χ0) is 21.2. The normalized spacial score (nSPS) is 31.4. The fraction of sp³-hybridized carbons (Fsp3) is 0.667. The van der Waals surface area contributed by atoms with Crippen LogP contribution in [0.1, 0.15) is 34.1 Å². The third-order valence-electron chi connectivity index (χ3n) is 5.64. The van der Waals surface area contributed by atoms with Crippen molar-refractivity contribution in [3.8, 4) is 0 Å². The van der Waals surface area contributed by atoms with Crippen molar-refractivity contribution in [2.24, 2.45) is 11.8 Å². The van der Waals surface area contributed by atoms with Crippen molar-refractivity contribution in [3.63, 3.8) is 0 Å². The number of hydrogen-bond donors (Lipinski definition) is 2. The number of morpholine rings is 1. The maximum atomic E-state index is 13.0. The standard InChI is InChI=1S/C21H33N3O4S/c1-15-9-16(2)11-24(10-15)29(26,27)20-7-5-19(6-8-20)22-21(25)14-23-12-17(3)28-18(4)13-23/h5-8,15-18H,9-14H2,1-4H3,(H,22,25)/p+1/t15-,16+,17-,18+. The Balaban J connectivity index is 1.60. The number of hydrogen-bond acceptors (Lipinski definition) is 4. The number of benzene rings is 1. The highest BCUT2D eigenvalue weighted by atomic mass is 32.2. The molecule has 2 saturated heterocycles. The van der Waals surface area contributed by atoms with Crippen LogP contribution < -0.4 is 10.2 Å². The zero-order valence-electron chi connectivity index (χ0n) is 17.8. The molecule has 2 N–H and O–H groups in total. The van der Waals surface area contributed by atoms with Gasteiger partial charge in [-0.2, -0.15) is 4.31 Å². The minimum absolute atomic E-state index is 0.0735. The molecule has 0 spiro atoms. The van der Waals surface area contributed by atoms with Crippen LogP contribution in [0.4, 0.5) is 5.69 Å². The Bertz CT molecular complexity index is 792. The minimum atomic E-state index is -3.51. The van der Waals surface area contributed by atoms with Gasteiger partial charge < -0.3 is 15.0 Å². The van der Waals surface area contributed by atoms with Crippen molar-refractivity contribution in [2.45, 2.75) is 51.2 Å². The Morgan fingerprint density at radius 1 is 1.07 bits per heavy atom. The molecule has 5 atom stereocenters. The highest BCUT2D eigenvalue weighted by Crippen LogP contribution is 2.27. The molecule has 3 rings (SSSR count). The van der Waals surface area contributed by atoms with Crippen molar-refractivity contribution >= 4 is 21.6 Å². The molecule has 1 aromatic carbocycles. The van der Waals surface area contributed by atoms with Crippen LogP contribution in [-0.2, 0) is 19.6 Å². The smallest absolute Gasteiger partial charge is 0.279 e. The van der Waals surface area contributed by atoms with E-state index in [-0.39, 0.29) is 23.0 Å². The fourth-order valence-corrected chi connectivity index (χ4v) is 6.31. The van der Waals surface area contributed by atoms with Gasteiger partial charge in [-0.15, -0.1) is 0 Å². The first kappa shape index (κ1) is 22.2. The maximum absolute atomic E-state index is 13.0. The van der Waals surface area contributed by atoms with Crippen LogP contribution in [0, 0.1) is 11.8 Å². The minimum Gasteiger partial charge on any atom is -0.364 e. The van der Waals surface area contributed by atoms with Gasteiger partial charge in [0.25, 0.3) is 5.91 Å². The second-order valence-electron chi connectivity index (χ2n) is 8.93. The monoisotopic (exact) mass is 424 g/mol. The predicted molar refractivity (Wildman–Crippen MR) is 112 cm³/mol. The molecule has 1 unspecified atom stereocenters. The van der Waals surface area contributed by atoms with E-state index in [1.54, 1.807) is 28.6 Å². The van der Waals surface area contributed by atoms with Gasteiger partial charge in [0.05, 0.1) is 4.90 Å². The molecule has 1 aromatic rings. The van der Waals surface area contributed by atoms with Crippen LogP contribution in [0.25, 0.3) is 0 Å². The largest absolute Gasteiger partial charge is 0.364 e. The number of anilines is 1. The zero-order valence-corrected chi connectivity index (χ0v) is 18.7. The topological polar surface area (TPSA) is 80.2 Å². The van der Waals surface area contributed by atoms with E-state index in [1.165, 1.54) is 4.90 Å². The number of carbonyl (C=O) groups is 1. The number of nitrogens with zero attached hydrogens (tertiary/aromatic N) is 1. The summed E-state index contributed by atoms with van der Waals surface area (Å²) in [5, 5.41) is 2.88. The number of nitrogens with one attached hydrogen (secondary N) is 2. The first-order valence-electron chi connectivity index (χ1n) is 10.5. The molecular formula is C21H34N3O4S+. The summed E-state index contributed by atoms with van der Waals surface area (Å²) in [5.41, 5.74) is 0.614. The lowest BCUT2D eigenvalue weighted by Crippen LogP contribution is -3.16. The number of amides is 1. The van der Waals surface area contributed by atoms with E-state index in [4.69, 9.17) is 4.74 Å². The summed E-state index contributed by atoms with van der Waals surface area (Å²) in [6.07, 6.45) is 1.34. The fourth-order valence-electron chi connectivity index (χ4n) is 4.63. The summed E-state index contributed by atoms with van der Waals surface area (Å²) in [6.45, 7) is 11.3. The number of rotatable bonds is 5. The Hall–Kier alpha value is -1.48. The van der Waals surface area contributed by atoms with Crippen LogP contribution in [0.2, 0.25) is 0 Å². The summed E-state index contributed by atoms with van der Waals surface area (Å²) < 4.78 is 33.2. The predicted octanol–water partition coefficient (Wildman–Crippen LogP) is 0.984. The second-order valence-corrected chi connectivity index (χ2v) is 10.9. The highest BCUT2D eigenvalue weighted by Gasteiger charge is 2.32. The second kappa shape index (κ2) is 9.12. The van der Waals surface area contributed by atoms with Gasteiger partial charge in [0.15, 0.2) is 6.54 Å². The summed E-state index contributed by atoms with van der Waals surface area (Å²) in [6, 6.07) is 6.50. The molecule has 0 aromatic heterocycles. The molecule has 2 aliphatic heterocycles. The average Bonchev–Trinajstić information content (AvgIpc) is 2.60. The van der Waals surface area contributed by atoms with Gasteiger partial charge in [-0.25, -0.2) is 8.42 Å². The Labute approximate surface area is 174 Å². The van der Waals surface area contributed by atoms with Gasteiger partial charge in [-0.05, 0) is 56.4 Å². The number of piperidine rings is 1. The van der Waals surface area contributed by atoms with Gasteiger partial charge in [0.1, 0.15) is 25.3 Å². The molecule has 2 aliphatic rings. The van der Waals surface area contributed by atoms with E-state index >= 15 is 0 Å². The summed E-state index contributed by atoms with van der Waals surface area (Å²) >= 11 is 0. The summed E-state index contributed by atoms with van der Waals surface area (Å²) in [4.78, 5) is 13.9. The van der Waals surface area contributed by atoms with Gasteiger partial charge in [0, 0.05) is 18.8 Å². The van der Waals surface area contributed by atoms with E-state index in [0.717, 1.165) is 19.5 Å². The van der Waals surface area contributed by atoms with Crippen LogP contribution in [0.15, 0.2) is 29.2 Å². The third kappa shape index (κ3) is 5.78. The van der Waals surface area contributed by atoms with E-state index in [2.05, 4.69) is 19.2 Å². The Kier molecular flexibility index (Phi) is 6.98. The lowest BCUT2D eigenvalue weighted by molar-refractivity contribution is -0.907. The van der Waals surface area contributed by atoms with Crippen molar-refractivity contribution in [3.05, 3.63) is 24.3 Å². The van der Waals surface area contributed by atoms with Gasteiger partial charge in [-0.1, -0.05) is 13.8 Å². The molecule has 162 valence electrons. The summed E-state index contributed by atoms with van der Waals surface area (Å²) in [7, 11) is -3.51. The van der Waals surface area contributed by atoms with Crippen LogP contribution in [0.3, 0.4) is 0 Å². The number of quaternary nitrogens is 1. The Morgan fingerprint density at radius 2 is 1.62 bits per heavy atom. The molecule has 2 heterocycles. The molecule has 0 bridgehead atoms. The lowest BCUT2D eigenvalue weighted by Gasteiger charge is -2.34. The molecule has 0 aliphatic carbocycles. The van der Waals surface area contributed by atoms with E-state index in [0.29, 0.717) is 37.2 Å². The highest BCUT2D eigenvalue weighted by molar-refractivity contribution is 7.89. The molecule has 29 heavy (non-hydrogen) atoms. The molecule has 0 saturated carbocycles. The molecule has 0 radical (unpaired) electrons. The van der Waals surface area contributed by atoms with Crippen LogP contribution >= 0.6 is 0 Å². The van der Waals surface area contributed by atoms with E-state index < -0.39 is 10.0 Å². The van der Waals surface area contributed by atoms with E-state index in [1.807, 2.05) is 13.8 Å². The van der Waals surface area contributed by atoms with Crippen molar-refractivity contribution < 1.29 is 22.8 Å². The van der Waals surface area contributed by atoms with Crippen molar-refractivity contribution in [1.29, 1.82) is 0 Å². The SMILES string of the molecule is C[C@@H]1C[C@H](C)CN(S(=O)(=O)c2ccc(NC(=O)C[NH+]3C[C@@H](C)O[C@@H](C)C3)cc2)C1. The van der Waals surface area contributed by atoms with E-state index in [9.17, 15) is 13.2 Å². The average molecular weight is 425 g/mol. The third-order valence-corrected chi connectivity index (χ3v) is 7.48. The first-order valence-corrected chi connectivity index (χ1v) is 12.0. The molecule has 2 fully saturated rings. The van der Waals surface area contributed by atoms with Crippen LogP contribution in [-0.4, -0.2) is 63.6 Å². The first-order chi connectivity index (χ1) is 13.6. The maximum Gasteiger partial charge on any atom is 0.279 e. The molecular weight excluding hydrogens is 390 g/mol. The Morgan fingerprint density at radius 3 is 2.17 bits per heavy atom. The van der Waals surface area contributed by atoms with Gasteiger partial charge in [0.2, 0.25) is 10.0 Å². The van der Waals surface area contributed by atoms with Gasteiger partial charge >= 0.3 is 0 Å². The molecule has 7 nitrogen and oxygen atoms in total. The van der Waals surface area contributed by atoms with Crippen molar-refractivity contribution in [1.82, 2.24) is 4.31 Å². The number of carbonyl (C=O) groups excluding carboxylic acids is 1. The number of ether oxygens (including phenoxy) is 1. The van der Waals surface area contributed by atoms with Crippen LogP contribution in [0.5, 0.6) is 0 Å². The van der Waals surface area contributed by atoms with Crippen molar-refractivity contribution in [2.75, 3.05) is 38.0 Å². The quantitative estimate of drug-likeness (QED) is 0.739. The number of sulfonamides is 1.